The van der Waals surface area contributed by atoms with Gasteiger partial charge in [0, 0.05) is 45.8 Å². The van der Waals surface area contributed by atoms with Crippen molar-refractivity contribution in [1.82, 2.24) is 14.7 Å². The van der Waals surface area contributed by atoms with Gasteiger partial charge in [-0.05, 0) is 26.9 Å². The van der Waals surface area contributed by atoms with E-state index in [0.717, 1.165) is 35.6 Å². The van der Waals surface area contributed by atoms with Crippen molar-refractivity contribution in [2.45, 2.75) is 58.7 Å². The van der Waals surface area contributed by atoms with Crippen LogP contribution in [0.1, 0.15) is 19.5 Å². The first kappa shape index (κ1) is 21.9. The topological polar surface area (TPSA) is 39.5 Å². The fraction of sp³-hybridized carbons (Fsp3) is 0.650. The highest BCUT2D eigenvalue weighted by Crippen LogP contribution is 2.31. The molecule has 0 radical (unpaired) electrons. The number of methoxy groups -OCH3 is 1. The second-order valence-electron chi connectivity index (χ2n) is 8.62. The Bertz CT molecular complexity index is 756. The van der Waals surface area contributed by atoms with Crippen LogP contribution in [0.25, 0.3) is 10.9 Å². The number of hydrogen-bond acceptors (Lipinski definition) is 4. The van der Waals surface area contributed by atoms with Crippen LogP contribution in [-0.4, -0.2) is 56.1 Å². The van der Waals surface area contributed by atoms with E-state index in [1.165, 1.54) is 12.1 Å². The van der Waals surface area contributed by atoms with E-state index in [1.807, 2.05) is 0 Å². The molecule has 2 rings (SSSR count). The van der Waals surface area contributed by atoms with Gasteiger partial charge in [-0.25, -0.2) is 9.07 Å². The van der Waals surface area contributed by atoms with Gasteiger partial charge in [-0.15, -0.1) is 0 Å². The van der Waals surface area contributed by atoms with E-state index in [9.17, 15) is 4.39 Å². The Kier molecular flexibility index (Phi) is 7.42. The number of rotatable bonds is 10. The molecule has 2 aromatic rings. The van der Waals surface area contributed by atoms with Crippen molar-refractivity contribution in [3.63, 3.8) is 0 Å². The third-order valence-electron chi connectivity index (χ3n) is 4.87. The second-order valence-corrected chi connectivity index (χ2v) is 14.2. The zero-order chi connectivity index (χ0) is 20.2. The summed E-state index contributed by atoms with van der Waals surface area (Å²) in [6, 6.07) is 4.50. The number of nitrogens with zero attached hydrogens (tertiary/aromatic N) is 3. The van der Waals surface area contributed by atoms with E-state index in [2.05, 4.69) is 45.4 Å². The summed E-state index contributed by atoms with van der Waals surface area (Å²) in [6.07, 6.45) is 0.773. The number of likely N-dealkylation sites (N-methyl/N-ethyl adjacent to an activating group) is 1. The van der Waals surface area contributed by atoms with Gasteiger partial charge in [-0.2, -0.15) is 5.10 Å². The van der Waals surface area contributed by atoms with Crippen LogP contribution in [0.15, 0.2) is 12.1 Å². The lowest BCUT2D eigenvalue weighted by Gasteiger charge is -2.20. The van der Waals surface area contributed by atoms with E-state index >= 15 is 0 Å². The Morgan fingerprint density at radius 3 is 2.56 bits per heavy atom. The highest BCUT2D eigenvalue weighted by atomic mass is 28.3. The molecule has 0 spiro atoms. The zero-order valence-corrected chi connectivity index (χ0v) is 18.8. The number of benzene rings is 1. The summed E-state index contributed by atoms with van der Waals surface area (Å²) in [6.45, 7) is 13.2. The smallest absolute Gasteiger partial charge is 0.140 e. The average molecular weight is 396 g/mol. The summed E-state index contributed by atoms with van der Waals surface area (Å²) < 4.78 is 27.1. The molecule has 0 unspecified atom stereocenters. The van der Waals surface area contributed by atoms with Crippen LogP contribution in [0.3, 0.4) is 0 Å². The lowest BCUT2D eigenvalue weighted by molar-refractivity contribution is 0.0813. The van der Waals surface area contributed by atoms with Gasteiger partial charge in [-0.3, -0.25) is 0 Å². The summed E-state index contributed by atoms with van der Waals surface area (Å²) in [4.78, 5) is 2.27. The van der Waals surface area contributed by atoms with E-state index in [1.54, 1.807) is 11.8 Å². The molecule has 1 aromatic carbocycles. The number of halogens is 1. The van der Waals surface area contributed by atoms with E-state index in [-0.39, 0.29) is 5.82 Å². The van der Waals surface area contributed by atoms with Crippen molar-refractivity contribution < 1.29 is 13.9 Å². The minimum atomic E-state index is -1.14. The number of aromatic nitrogens is 2. The van der Waals surface area contributed by atoms with E-state index in [4.69, 9.17) is 14.6 Å². The molecule has 0 saturated heterocycles. The first-order chi connectivity index (χ1) is 12.6. The van der Waals surface area contributed by atoms with E-state index < -0.39 is 8.07 Å². The number of hydrogen-bond donors (Lipinski definition) is 0. The van der Waals surface area contributed by atoms with Crippen LogP contribution < -0.4 is 4.74 Å². The summed E-state index contributed by atoms with van der Waals surface area (Å²) in [5.41, 5.74) is 1.64. The molecule has 27 heavy (non-hydrogen) atoms. The quantitative estimate of drug-likeness (QED) is 0.442. The lowest BCUT2D eigenvalue weighted by Crippen LogP contribution is -2.28. The van der Waals surface area contributed by atoms with Crippen molar-refractivity contribution in [2.24, 2.45) is 0 Å². The maximum atomic E-state index is 14.1. The number of ether oxygens (including phenoxy) is 2. The highest BCUT2D eigenvalue weighted by molar-refractivity contribution is 6.76. The summed E-state index contributed by atoms with van der Waals surface area (Å²) >= 11 is 0. The molecule has 0 aliphatic carbocycles. The molecule has 0 fully saturated rings. The Morgan fingerprint density at radius 1 is 1.26 bits per heavy atom. The van der Waals surface area contributed by atoms with Gasteiger partial charge < -0.3 is 14.4 Å². The van der Waals surface area contributed by atoms with Gasteiger partial charge in [0.15, 0.2) is 0 Å². The van der Waals surface area contributed by atoms with Crippen LogP contribution in [0.2, 0.25) is 25.7 Å². The van der Waals surface area contributed by atoms with Crippen LogP contribution in [0, 0.1) is 5.82 Å². The van der Waals surface area contributed by atoms with Gasteiger partial charge in [0.05, 0.1) is 23.7 Å². The number of fused-ring (bicyclic) bond motifs is 1. The monoisotopic (exact) mass is 395 g/mol. The minimum Gasteiger partial charge on any atom is -0.496 e. The molecule has 0 N–H and O–H groups in total. The van der Waals surface area contributed by atoms with Crippen LogP contribution >= 0.6 is 0 Å². The van der Waals surface area contributed by atoms with Crippen molar-refractivity contribution in [2.75, 3.05) is 27.3 Å². The Balaban J connectivity index is 2.26. The molecule has 152 valence electrons. The summed E-state index contributed by atoms with van der Waals surface area (Å²) in [7, 11) is 2.52. The van der Waals surface area contributed by atoms with Crippen molar-refractivity contribution in [3.05, 3.63) is 23.6 Å². The Hall–Kier alpha value is -1.44. The normalized spacial score (nSPS) is 12.5. The van der Waals surface area contributed by atoms with Gasteiger partial charge in [0.25, 0.3) is 0 Å². The molecule has 1 aromatic heterocycles. The average Bonchev–Trinajstić information content (AvgIpc) is 2.92. The third-order valence-corrected chi connectivity index (χ3v) is 6.57. The molecule has 0 saturated carbocycles. The lowest BCUT2D eigenvalue weighted by atomic mass is 10.1. The fourth-order valence-electron chi connectivity index (χ4n) is 2.82. The first-order valence-electron chi connectivity index (χ1n) is 9.63. The molecule has 0 atom stereocenters. The van der Waals surface area contributed by atoms with Crippen LogP contribution in [0.5, 0.6) is 5.75 Å². The minimum absolute atomic E-state index is 0.326. The molecule has 5 nitrogen and oxygen atoms in total. The van der Waals surface area contributed by atoms with Crippen molar-refractivity contribution >= 4 is 19.0 Å². The Morgan fingerprint density at radius 2 is 1.96 bits per heavy atom. The first-order valence-corrected chi connectivity index (χ1v) is 13.3. The van der Waals surface area contributed by atoms with Crippen molar-refractivity contribution in [1.29, 1.82) is 0 Å². The molecule has 0 amide bonds. The molecule has 0 aliphatic rings. The SMILES string of the molecule is COc1cc(F)cc2c1c(CCN(C)C(C)C)nn2COCC[Si](C)(C)C. The van der Waals surface area contributed by atoms with Gasteiger partial charge >= 0.3 is 0 Å². The maximum Gasteiger partial charge on any atom is 0.140 e. The maximum absolute atomic E-state index is 14.1. The molecular formula is C20H34FN3O2Si. The fourth-order valence-corrected chi connectivity index (χ4v) is 3.57. The van der Waals surface area contributed by atoms with Crippen LogP contribution in [0.4, 0.5) is 4.39 Å². The molecular weight excluding hydrogens is 361 g/mol. The Labute approximate surface area is 163 Å². The second kappa shape index (κ2) is 9.17. The predicted molar refractivity (Wildman–Crippen MR) is 112 cm³/mol. The largest absolute Gasteiger partial charge is 0.496 e. The molecule has 1 heterocycles. The van der Waals surface area contributed by atoms with Crippen molar-refractivity contribution in [3.8, 4) is 5.75 Å². The summed E-state index contributed by atoms with van der Waals surface area (Å²) in [5.74, 6) is 0.203. The predicted octanol–water partition coefficient (Wildman–Crippen LogP) is 4.38. The standard InChI is InChI=1S/C20H34FN3O2Si/c1-15(2)23(3)9-8-17-20-18(12-16(21)13-19(20)25-4)24(22-17)14-26-10-11-27(5,6)7/h12-13,15H,8-11,14H2,1-7H3. The molecule has 0 aliphatic heterocycles. The van der Waals surface area contributed by atoms with Gasteiger partial charge in [-0.1, -0.05) is 19.6 Å². The highest BCUT2D eigenvalue weighted by Gasteiger charge is 2.18. The van der Waals surface area contributed by atoms with E-state index in [0.29, 0.717) is 25.1 Å². The van der Waals surface area contributed by atoms with Gasteiger partial charge in [0.1, 0.15) is 18.3 Å². The third kappa shape index (κ3) is 6.02. The molecule has 7 heteroatoms. The van der Waals surface area contributed by atoms with Gasteiger partial charge in [0.2, 0.25) is 0 Å². The van der Waals surface area contributed by atoms with Crippen LogP contribution in [-0.2, 0) is 17.9 Å². The summed E-state index contributed by atoms with van der Waals surface area (Å²) in [5, 5.41) is 5.61. The zero-order valence-electron chi connectivity index (χ0n) is 17.8. The molecule has 0 bridgehead atoms.